The standard InChI is InChI=1S/C10H13N3O3/c1-6-7(5-11)8(16-13-6)12-9(14)15-10(2,3)4/h1-4H3,(H,12,14). The molecule has 0 fully saturated rings. The Labute approximate surface area is 93.2 Å². The van der Waals surface area contributed by atoms with Gasteiger partial charge in [0.2, 0.25) is 0 Å². The van der Waals surface area contributed by atoms with Crippen molar-refractivity contribution in [2.24, 2.45) is 0 Å². The van der Waals surface area contributed by atoms with Gasteiger partial charge >= 0.3 is 6.09 Å². The summed E-state index contributed by atoms with van der Waals surface area (Å²) in [5, 5.41) is 14.7. The van der Waals surface area contributed by atoms with Crippen molar-refractivity contribution in [1.29, 1.82) is 5.26 Å². The Bertz CT molecular complexity index is 437. The molecular weight excluding hydrogens is 210 g/mol. The molecule has 0 spiro atoms. The summed E-state index contributed by atoms with van der Waals surface area (Å²) in [6.07, 6.45) is -0.680. The van der Waals surface area contributed by atoms with Crippen molar-refractivity contribution in [2.45, 2.75) is 33.3 Å². The molecule has 86 valence electrons. The molecule has 0 saturated carbocycles. The van der Waals surface area contributed by atoms with E-state index >= 15 is 0 Å². The first kappa shape index (κ1) is 12.0. The van der Waals surface area contributed by atoms with Crippen molar-refractivity contribution < 1.29 is 14.1 Å². The molecule has 0 aliphatic carbocycles. The lowest BCUT2D eigenvalue weighted by Gasteiger charge is -2.18. The highest BCUT2D eigenvalue weighted by Crippen LogP contribution is 2.18. The number of nitrogens with zero attached hydrogens (tertiary/aromatic N) is 2. The van der Waals surface area contributed by atoms with E-state index < -0.39 is 11.7 Å². The fourth-order valence-corrected chi connectivity index (χ4v) is 0.983. The molecule has 6 nitrogen and oxygen atoms in total. The molecule has 0 unspecified atom stereocenters. The van der Waals surface area contributed by atoms with Gasteiger partial charge in [0, 0.05) is 0 Å². The summed E-state index contributed by atoms with van der Waals surface area (Å²) in [5.74, 6) is 0.00856. The summed E-state index contributed by atoms with van der Waals surface area (Å²) in [4.78, 5) is 11.4. The molecule has 0 atom stereocenters. The molecule has 0 radical (unpaired) electrons. The van der Waals surface area contributed by atoms with E-state index in [1.54, 1.807) is 27.7 Å². The van der Waals surface area contributed by atoms with Crippen LogP contribution in [0.1, 0.15) is 32.0 Å². The molecule has 6 heteroatoms. The highest BCUT2D eigenvalue weighted by atomic mass is 16.6. The van der Waals surface area contributed by atoms with Crippen LogP contribution < -0.4 is 5.32 Å². The number of carbonyl (C=O) groups is 1. The van der Waals surface area contributed by atoms with Crippen LogP contribution >= 0.6 is 0 Å². The van der Waals surface area contributed by atoms with Crippen LogP contribution in [0.3, 0.4) is 0 Å². The van der Waals surface area contributed by atoms with E-state index in [0.717, 1.165) is 0 Å². The van der Waals surface area contributed by atoms with Gasteiger partial charge in [0.05, 0.1) is 0 Å². The smallest absolute Gasteiger partial charge is 0.414 e. The Kier molecular flexibility index (Phi) is 3.18. The third kappa shape index (κ3) is 2.98. The van der Waals surface area contributed by atoms with Crippen LogP contribution in [-0.4, -0.2) is 16.9 Å². The second-order valence-corrected chi connectivity index (χ2v) is 4.21. The molecule has 0 bridgehead atoms. The first-order valence-electron chi connectivity index (χ1n) is 4.70. The SMILES string of the molecule is Cc1noc(NC(=O)OC(C)(C)C)c1C#N. The summed E-state index contributed by atoms with van der Waals surface area (Å²) in [5.41, 5.74) is 0.0193. The monoisotopic (exact) mass is 223 g/mol. The summed E-state index contributed by atoms with van der Waals surface area (Å²) in [6, 6.07) is 1.89. The van der Waals surface area contributed by atoms with Crippen LogP contribution in [0.15, 0.2) is 4.52 Å². The Morgan fingerprint density at radius 2 is 2.19 bits per heavy atom. The summed E-state index contributed by atoms with van der Waals surface area (Å²) >= 11 is 0. The van der Waals surface area contributed by atoms with Gasteiger partial charge in [0.1, 0.15) is 22.9 Å². The van der Waals surface area contributed by atoms with Crippen molar-refractivity contribution in [3.63, 3.8) is 0 Å². The van der Waals surface area contributed by atoms with Gasteiger partial charge in [-0.3, -0.25) is 5.32 Å². The molecule has 0 aliphatic heterocycles. The number of anilines is 1. The maximum atomic E-state index is 11.4. The van der Waals surface area contributed by atoms with Gasteiger partial charge in [0.15, 0.2) is 0 Å². The second-order valence-electron chi connectivity index (χ2n) is 4.21. The van der Waals surface area contributed by atoms with Gasteiger partial charge in [-0.1, -0.05) is 5.16 Å². The average molecular weight is 223 g/mol. The van der Waals surface area contributed by atoms with Gasteiger partial charge < -0.3 is 9.26 Å². The third-order valence-electron chi connectivity index (χ3n) is 1.59. The van der Waals surface area contributed by atoms with Crippen LogP contribution in [0.2, 0.25) is 0 Å². The fourth-order valence-electron chi connectivity index (χ4n) is 0.983. The summed E-state index contributed by atoms with van der Waals surface area (Å²) in [6.45, 7) is 6.83. The van der Waals surface area contributed by atoms with Gasteiger partial charge in [-0.2, -0.15) is 5.26 Å². The Morgan fingerprint density at radius 1 is 1.56 bits per heavy atom. The number of aromatic nitrogens is 1. The maximum absolute atomic E-state index is 11.4. The van der Waals surface area contributed by atoms with E-state index in [1.165, 1.54) is 0 Å². The topological polar surface area (TPSA) is 88.2 Å². The van der Waals surface area contributed by atoms with Gasteiger partial charge in [-0.25, -0.2) is 4.79 Å². The first-order chi connectivity index (χ1) is 7.33. The van der Waals surface area contributed by atoms with Gasteiger partial charge in [0.25, 0.3) is 5.88 Å². The van der Waals surface area contributed by atoms with E-state index in [4.69, 9.17) is 14.5 Å². The normalized spacial score (nSPS) is 10.7. The molecule has 16 heavy (non-hydrogen) atoms. The molecular formula is C10H13N3O3. The lowest BCUT2D eigenvalue weighted by Crippen LogP contribution is -2.27. The highest BCUT2D eigenvalue weighted by Gasteiger charge is 2.20. The quantitative estimate of drug-likeness (QED) is 0.788. The molecule has 0 aliphatic rings. The maximum Gasteiger partial charge on any atom is 0.414 e. The van der Waals surface area contributed by atoms with Crippen LogP contribution in [-0.2, 0) is 4.74 Å². The highest BCUT2D eigenvalue weighted by molar-refractivity contribution is 5.84. The fraction of sp³-hybridized carbons (Fsp3) is 0.500. The first-order valence-corrected chi connectivity index (χ1v) is 4.70. The van der Waals surface area contributed by atoms with E-state index in [2.05, 4.69) is 10.5 Å². The van der Waals surface area contributed by atoms with Crippen molar-refractivity contribution >= 4 is 12.0 Å². The number of ether oxygens (including phenoxy) is 1. The third-order valence-corrected chi connectivity index (χ3v) is 1.59. The molecule has 1 heterocycles. The number of amides is 1. The van der Waals surface area contributed by atoms with Gasteiger partial charge in [-0.05, 0) is 27.7 Å². The number of nitrogens with one attached hydrogen (secondary N) is 1. The number of hydrogen-bond donors (Lipinski definition) is 1. The average Bonchev–Trinajstić information content (AvgIpc) is 2.43. The summed E-state index contributed by atoms with van der Waals surface area (Å²) < 4.78 is 9.79. The van der Waals surface area contributed by atoms with Crippen molar-refractivity contribution in [3.8, 4) is 6.07 Å². The minimum atomic E-state index is -0.680. The van der Waals surface area contributed by atoms with Crippen molar-refractivity contribution in [2.75, 3.05) is 5.32 Å². The molecule has 0 aromatic carbocycles. The number of nitriles is 1. The number of aryl methyl sites for hydroxylation is 1. The van der Waals surface area contributed by atoms with E-state index in [0.29, 0.717) is 5.69 Å². The predicted octanol–water partition coefficient (Wildman–Crippen LogP) is 2.20. The lowest BCUT2D eigenvalue weighted by molar-refractivity contribution is 0.0631. The Hall–Kier alpha value is -2.03. The molecule has 1 N–H and O–H groups in total. The second kappa shape index (κ2) is 4.23. The number of rotatable bonds is 1. The number of hydrogen-bond acceptors (Lipinski definition) is 5. The molecule has 1 aromatic rings. The Morgan fingerprint density at radius 3 is 2.69 bits per heavy atom. The minimum absolute atomic E-state index is 0.00856. The lowest BCUT2D eigenvalue weighted by atomic mass is 10.2. The van der Waals surface area contributed by atoms with Crippen LogP contribution in [0.5, 0.6) is 0 Å². The predicted molar refractivity (Wildman–Crippen MR) is 55.8 cm³/mol. The largest absolute Gasteiger partial charge is 0.444 e. The van der Waals surface area contributed by atoms with Crippen LogP contribution in [0, 0.1) is 18.3 Å². The van der Waals surface area contributed by atoms with E-state index in [1.807, 2.05) is 6.07 Å². The van der Waals surface area contributed by atoms with Crippen LogP contribution in [0.4, 0.5) is 10.7 Å². The molecule has 1 aromatic heterocycles. The van der Waals surface area contributed by atoms with E-state index in [-0.39, 0.29) is 11.4 Å². The number of carbonyl (C=O) groups excluding carboxylic acids is 1. The zero-order chi connectivity index (χ0) is 12.3. The molecule has 0 saturated heterocycles. The zero-order valence-electron chi connectivity index (χ0n) is 9.62. The molecule has 1 rings (SSSR count). The minimum Gasteiger partial charge on any atom is -0.444 e. The van der Waals surface area contributed by atoms with Gasteiger partial charge in [-0.15, -0.1) is 0 Å². The summed E-state index contributed by atoms with van der Waals surface area (Å²) in [7, 11) is 0. The van der Waals surface area contributed by atoms with Crippen LogP contribution in [0.25, 0.3) is 0 Å². The Balaban J connectivity index is 2.75. The van der Waals surface area contributed by atoms with Crippen molar-refractivity contribution in [3.05, 3.63) is 11.3 Å². The molecule has 1 amide bonds. The van der Waals surface area contributed by atoms with E-state index in [9.17, 15) is 4.79 Å². The van der Waals surface area contributed by atoms with Crippen molar-refractivity contribution in [1.82, 2.24) is 5.16 Å². The zero-order valence-corrected chi connectivity index (χ0v) is 9.62.